The molecule has 11 heavy (non-hydrogen) atoms. The lowest BCUT2D eigenvalue weighted by Crippen LogP contribution is -2.17. The summed E-state index contributed by atoms with van der Waals surface area (Å²) in [5.41, 5.74) is 0.986. The van der Waals surface area contributed by atoms with Crippen molar-refractivity contribution in [3.05, 3.63) is 11.9 Å². The summed E-state index contributed by atoms with van der Waals surface area (Å²) in [5, 5.41) is 0. The van der Waals surface area contributed by atoms with E-state index in [1.54, 1.807) is 0 Å². The second kappa shape index (κ2) is 3.53. The predicted octanol–water partition coefficient (Wildman–Crippen LogP) is 0.753. The number of allylic oxidation sites excluding steroid dienone is 1. The fourth-order valence-corrected chi connectivity index (χ4v) is 1.16. The number of aliphatic imine (C=N–C) groups is 1. The molecule has 0 saturated carbocycles. The Bertz CT molecular complexity index is 174. The van der Waals surface area contributed by atoms with E-state index in [1.807, 2.05) is 6.92 Å². The van der Waals surface area contributed by atoms with Gasteiger partial charge in [-0.15, -0.1) is 0 Å². The van der Waals surface area contributed by atoms with Crippen molar-refractivity contribution < 1.29 is 0 Å². The van der Waals surface area contributed by atoms with Crippen LogP contribution < -0.4 is 0 Å². The number of hydrogen-bond acceptors (Lipinski definition) is 3. The van der Waals surface area contributed by atoms with Gasteiger partial charge in [-0.25, -0.2) is 0 Å². The standard InChI is InChI=1S/C8H15N3/c1-8(9-2)6-11-5-4-10(3)7-11/h6H,2,4-5,7H2,1,3H3/b8-6-. The summed E-state index contributed by atoms with van der Waals surface area (Å²) in [4.78, 5) is 8.34. The fraction of sp³-hybridized carbons (Fsp3) is 0.625. The summed E-state index contributed by atoms with van der Waals surface area (Å²) >= 11 is 0. The molecule has 0 aliphatic carbocycles. The van der Waals surface area contributed by atoms with Gasteiger partial charge in [-0.2, -0.15) is 0 Å². The highest BCUT2D eigenvalue weighted by Crippen LogP contribution is 2.05. The molecular weight excluding hydrogens is 138 g/mol. The Hall–Kier alpha value is -0.830. The second-order valence-electron chi connectivity index (χ2n) is 2.96. The largest absolute Gasteiger partial charge is 0.362 e. The predicted molar refractivity (Wildman–Crippen MR) is 47.5 cm³/mol. The van der Waals surface area contributed by atoms with Gasteiger partial charge < -0.3 is 4.90 Å². The van der Waals surface area contributed by atoms with Gasteiger partial charge in [0.25, 0.3) is 0 Å². The first-order valence-corrected chi connectivity index (χ1v) is 3.80. The van der Waals surface area contributed by atoms with Gasteiger partial charge in [-0.3, -0.25) is 9.89 Å². The maximum atomic E-state index is 3.83. The van der Waals surface area contributed by atoms with Gasteiger partial charge in [0, 0.05) is 19.3 Å². The van der Waals surface area contributed by atoms with Crippen molar-refractivity contribution in [2.24, 2.45) is 4.99 Å². The molecular formula is C8H15N3. The van der Waals surface area contributed by atoms with Crippen molar-refractivity contribution in [1.82, 2.24) is 9.80 Å². The average molecular weight is 153 g/mol. The zero-order valence-corrected chi connectivity index (χ0v) is 7.25. The molecule has 1 aliphatic rings. The van der Waals surface area contributed by atoms with Crippen molar-refractivity contribution in [3.8, 4) is 0 Å². The molecule has 62 valence electrons. The zero-order chi connectivity index (χ0) is 8.27. The fourth-order valence-electron chi connectivity index (χ4n) is 1.16. The van der Waals surface area contributed by atoms with Crippen molar-refractivity contribution in [2.75, 3.05) is 26.8 Å². The minimum Gasteiger partial charge on any atom is -0.362 e. The molecule has 0 N–H and O–H groups in total. The van der Waals surface area contributed by atoms with Crippen LogP contribution in [0.3, 0.4) is 0 Å². The molecule has 0 unspecified atom stereocenters. The second-order valence-corrected chi connectivity index (χ2v) is 2.96. The normalized spacial score (nSPS) is 20.9. The lowest BCUT2D eigenvalue weighted by atomic mass is 10.5. The van der Waals surface area contributed by atoms with Crippen molar-refractivity contribution in [3.63, 3.8) is 0 Å². The summed E-state index contributed by atoms with van der Waals surface area (Å²) in [6.45, 7) is 8.67. The highest BCUT2D eigenvalue weighted by Gasteiger charge is 2.12. The number of nitrogens with zero attached hydrogens (tertiary/aromatic N) is 3. The highest BCUT2D eigenvalue weighted by atomic mass is 15.3. The molecule has 3 nitrogen and oxygen atoms in total. The molecule has 0 aromatic rings. The van der Waals surface area contributed by atoms with E-state index >= 15 is 0 Å². The third kappa shape index (κ3) is 2.35. The maximum Gasteiger partial charge on any atom is 0.0700 e. The van der Waals surface area contributed by atoms with Gasteiger partial charge in [0.1, 0.15) is 0 Å². The monoisotopic (exact) mass is 153 g/mol. The number of likely N-dealkylation sites (N-methyl/N-ethyl adjacent to an activating group) is 1. The van der Waals surface area contributed by atoms with E-state index in [9.17, 15) is 0 Å². The summed E-state index contributed by atoms with van der Waals surface area (Å²) in [5.74, 6) is 0. The molecule has 1 rings (SSSR count). The molecule has 1 heterocycles. The van der Waals surface area contributed by atoms with Gasteiger partial charge in [0.15, 0.2) is 0 Å². The molecule has 0 bridgehead atoms. The number of hydrogen-bond donors (Lipinski definition) is 0. The van der Waals surface area contributed by atoms with Crippen LogP contribution >= 0.6 is 0 Å². The van der Waals surface area contributed by atoms with Crippen LogP contribution in [0.2, 0.25) is 0 Å². The summed E-state index contributed by atoms with van der Waals surface area (Å²) in [6, 6.07) is 0. The van der Waals surface area contributed by atoms with E-state index in [4.69, 9.17) is 0 Å². The average Bonchev–Trinajstić information content (AvgIpc) is 2.35. The van der Waals surface area contributed by atoms with Crippen LogP contribution in [-0.2, 0) is 0 Å². The highest BCUT2D eigenvalue weighted by molar-refractivity contribution is 5.28. The molecule has 0 aromatic carbocycles. The Morgan fingerprint density at radius 2 is 2.27 bits per heavy atom. The molecule has 0 spiro atoms. The third-order valence-corrected chi connectivity index (χ3v) is 1.81. The quantitative estimate of drug-likeness (QED) is 0.545. The molecule has 1 fully saturated rings. The molecule has 0 aromatic heterocycles. The third-order valence-electron chi connectivity index (χ3n) is 1.81. The first-order chi connectivity index (χ1) is 5.22. The van der Waals surface area contributed by atoms with Gasteiger partial charge in [0.05, 0.1) is 12.4 Å². The lowest BCUT2D eigenvalue weighted by molar-refractivity contribution is 0.339. The van der Waals surface area contributed by atoms with E-state index in [0.29, 0.717) is 0 Å². The van der Waals surface area contributed by atoms with E-state index in [0.717, 1.165) is 25.5 Å². The van der Waals surface area contributed by atoms with E-state index in [1.165, 1.54) is 0 Å². The van der Waals surface area contributed by atoms with Crippen molar-refractivity contribution in [2.45, 2.75) is 6.92 Å². The summed E-state index contributed by atoms with van der Waals surface area (Å²) in [6.07, 6.45) is 2.05. The Balaban J connectivity index is 2.44. The van der Waals surface area contributed by atoms with Gasteiger partial charge >= 0.3 is 0 Å². The van der Waals surface area contributed by atoms with Crippen LogP contribution in [0.4, 0.5) is 0 Å². The molecule has 3 heteroatoms. The van der Waals surface area contributed by atoms with Crippen LogP contribution in [0.25, 0.3) is 0 Å². The number of rotatable bonds is 2. The topological polar surface area (TPSA) is 18.8 Å². The van der Waals surface area contributed by atoms with E-state index in [2.05, 4.69) is 34.8 Å². The van der Waals surface area contributed by atoms with Crippen LogP contribution in [0.5, 0.6) is 0 Å². The molecule has 0 amide bonds. The lowest BCUT2D eigenvalue weighted by Gasteiger charge is -2.12. The molecule has 0 atom stereocenters. The van der Waals surface area contributed by atoms with Gasteiger partial charge in [0.2, 0.25) is 0 Å². The van der Waals surface area contributed by atoms with Crippen molar-refractivity contribution >= 4 is 6.72 Å². The van der Waals surface area contributed by atoms with Crippen LogP contribution in [0, 0.1) is 0 Å². The van der Waals surface area contributed by atoms with Crippen LogP contribution in [0.15, 0.2) is 16.9 Å². The van der Waals surface area contributed by atoms with Gasteiger partial charge in [-0.05, 0) is 20.7 Å². The molecule has 1 aliphatic heterocycles. The molecule has 0 radical (unpaired) electrons. The Labute approximate surface area is 68.0 Å². The minimum atomic E-state index is 0.986. The first kappa shape index (κ1) is 8.27. The Morgan fingerprint density at radius 1 is 1.55 bits per heavy atom. The molecule has 1 saturated heterocycles. The Morgan fingerprint density at radius 3 is 2.73 bits per heavy atom. The SMILES string of the molecule is C=N/C(C)=C\N1CCN(C)C1. The van der Waals surface area contributed by atoms with Gasteiger partial charge in [-0.1, -0.05) is 0 Å². The smallest absolute Gasteiger partial charge is 0.0700 e. The first-order valence-electron chi connectivity index (χ1n) is 3.80. The van der Waals surface area contributed by atoms with Crippen molar-refractivity contribution in [1.29, 1.82) is 0 Å². The minimum absolute atomic E-state index is 0.986. The van der Waals surface area contributed by atoms with E-state index < -0.39 is 0 Å². The summed E-state index contributed by atoms with van der Waals surface area (Å²) < 4.78 is 0. The van der Waals surface area contributed by atoms with Crippen LogP contribution in [0.1, 0.15) is 6.92 Å². The zero-order valence-electron chi connectivity index (χ0n) is 7.25. The maximum absolute atomic E-state index is 3.83. The Kier molecular flexibility index (Phi) is 2.65. The van der Waals surface area contributed by atoms with E-state index in [-0.39, 0.29) is 0 Å². The summed E-state index contributed by atoms with van der Waals surface area (Å²) in [7, 11) is 2.12. The van der Waals surface area contributed by atoms with Crippen LogP contribution in [-0.4, -0.2) is 43.3 Å².